The molecular formula is C15H14ClN3O3. The largest absolute Gasteiger partial charge is 0.488 e. The fourth-order valence-electron chi connectivity index (χ4n) is 2.52. The van der Waals surface area contributed by atoms with Gasteiger partial charge in [0.2, 0.25) is 5.82 Å². The van der Waals surface area contributed by atoms with Gasteiger partial charge in [0.25, 0.3) is 0 Å². The van der Waals surface area contributed by atoms with Crippen LogP contribution >= 0.6 is 11.6 Å². The Morgan fingerprint density at radius 2 is 2.23 bits per heavy atom. The van der Waals surface area contributed by atoms with Crippen molar-refractivity contribution in [2.75, 3.05) is 18.0 Å². The summed E-state index contributed by atoms with van der Waals surface area (Å²) in [7, 11) is 0. The van der Waals surface area contributed by atoms with E-state index in [9.17, 15) is 10.1 Å². The first-order valence-corrected chi connectivity index (χ1v) is 7.28. The highest BCUT2D eigenvalue weighted by atomic mass is 35.5. The van der Waals surface area contributed by atoms with Gasteiger partial charge >= 0.3 is 5.69 Å². The summed E-state index contributed by atoms with van der Waals surface area (Å²) in [5.74, 6) is 1.10. The topological polar surface area (TPSA) is 68.5 Å². The summed E-state index contributed by atoms with van der Waals surface area (Å²) < 4.78 is 5.88. The molecule has 0 amide bonds. The minimum atomic E-state index is -0.409. The molecule has 7 heteroatoms. The highest BCUT2D eigenvalue weighted by Crippen LogP contribution is 2.29. The first-order valence-electron chi connectivity index (χ1n) is 6.90. The lowest BCUT2D eigenvalue weighted by Gasteiger charge is -2.17. The van der Waals surface area contributed by atoms with Crippen molar-refractivity contribution in [3.8, 4) is 5.75 Å². The summed E-state index contributed by atoms with van der Waals surface area (Å²) in [5, 5.41) is 11.7. The Labute approximate surface area is 132 Å². The van der Waals surface area contributed by atoms with E-state index in [4.69, 9.17) is 16.3 Å². The molecule has 0 spiro atoms. The van der Waals surface area contributed by atoms with Crippen molar-refractivity contribution >= 4 is 23.1 Å². The molecule has 1 aliphatic rings. The zero-order valence-electron chi connectivity index (χ0n) is 11.7. The molecule has 1 aromatic heterocycles. The van der Waals surface area contributed by atoms with E-state index in [-0.39, 0.29) is 11.8 Å². The molecule has 1 atom stereocenters. The van der Waals surface area contributed by atoms with E-state index in [0.29, 0.717) is 29.7 Å². The molecule has 6 nitrogen and oxygen atoms in total. The molecule has 1 saturated heterocycles. The van der Waals surface area contributed by atoms with Gasteiger partial charge in [-0.15, -0.1) is 0 Å². The van der Waals surface area contributed by atoms with E-state index in [1.54, 1.807) is 24.4 Å². The van der Waals surface area contributed by atoms with Gasteiger partial charge in [0, 0.05) is 30.3 Å². The Balaban J connectivity index is 1.71. The molecule has 0 bridgehead atoms. The first kappa shape index (κ1) is 14.6. The number of halogens is 1. The lowest BCUT2D eigenvalue weighted by atomic mass is 10.3. The summed E-state index contributed by atoms with van der Waals surface area (Å²) in [6.07, 6.45) is 2.30. The SMILES string of the molecule is O=[N+]([O-])c1cccnc1N1CCC(Oc2cccc(Cl)c2)C1. The van der Waals surface area contributed by atoms with Crippen molar-refractivity contribution in [3.63, 3.8) is 0 Å². The van der Waals surface area contributed by atoms with Crippen molar-refractivity contribution in [1.29, 1.82) is 0 Å². The van der Waals surface area contributed by atoms with Crippen LogP contribution in [-0.2, 0) is 0 Å². The van der Waals surface area contributed by atoms with Crippen LogP contribution in [0.4, 0.5) is 11.5 Å². The third kappa shape index (κ3) is 3.12. The Kier molecular flexibility index (Phi) is 4.11. The molecule has 0 aliphatic carbocycles. The molecule has 3 rings (SSSR count). The maximum absolute atomic E-state index is 11.1. The number of hydrogen-bond donors (Lipinski definition) is 0. The van der Waals surface area contributed by atoms with Crippen LogP contribution in [0.5, 0.6) is 5.75 Å². The van der Waals surface area contributed by atoms with Crippen LogP contribution in [0.3, 0.4) is 0 Å². The average molecular weight is 320 g/mol. The Bertz CT molecular complexity index is 695. The number of benzene rings is 1. The Hall–Kier alpha value is -2.34. The monoisotopic (exact) mass is 319 g/mol. The average Bonchev–Trinajstić information content (AvgIpc) is 2.95. The fraction of sp³-hybridized carbons (Fsp3) is 0.267. The van der Waals surface area contributed by atoms with Gasteiger partial charge in [-0.05, 0) is 24.3 Å². The van der Waals surface area contributed by atoms with Gasteiger partial charge in [0.15, 0.2) is 0 Å². The summed E-state index contributed by atoms with van der Waals surface area (Å²) >= 11 is 5.94. The smallest absolute Gasteiger partial charge is 0.311 e. The number of ether oxygens (including phenoxy) is 1. The molecular weight excluding hydrogens is 306 g/mol. The third-order valence-electron chi connectivity index (χ3n) is 3.51. The molecule has 1 fully saturated rings. The predicted octanol–water partition coefficient (Wildman–Crippen LogP) is 3.30. The van der Waals surface area contributed by atoms with Crippen molar-refractivity contribution in [2.45, 2.75) is 12.5 Å². The molecule has 0 N–H and O–H groups in total. The van der Waals surface area contributed by atoms with Crippen molar-refractivity contribution in [2.24, 2.45) is 0 Å². The number of anilines is 1. The molecule has 2 heterocycles. The van der Waals surface area contributed by atoms with Gasteiger partial charge in [-0.25, -0.2) is 4.98 Å². The van der Waals surface area contributed by atoms with Gasteiger partial charge < -0.3 is 9.64 Å². The van der Waals surface area contributed by atoms with Crippen molar-refractivity contribution in [1.82, 2.24) is 4.98 Å². The standard InChI is InChI=1S/C15H14ClN3O3/c16-11-3-1-4-12(9-11)22-13-6-8-18(10-13)15-14(19(20)21)5-2-7-17-15/h1-5,7,9,13H,6,8,10H2. The second-order valence-corrected chi connectivity index (χ2v) is 5.47. The van der Waals surface area contributed by atoms with Crippen molar-refractivity contribution in [3.05, 3.63) is 57.7 Å². The lowest BCUT2D eigenvalue weighted by Crippen LogP contribution is -2.25. The van der Waals surface area contributed by atoms with Crippen LogP contribution in [0, 0.1) is 10.1 Å². The quantitative estimate of drug-likeness (QED) is 0.639. The second-order valence-electron chi connectivity index (χ2n) is 5.04. The molecule has 1 aromatic carbocycles. The van der Waals surface area contributed by atoms with E-state index in [1.165, 1.54) is 6.07 Å². The number of pyridine rings is 1. The number of rotatable bonds is 4. The summed E-state index contributed by atoms with van der Waals surface area (Å²) in [6.45, 7) is 1.23. The maximum Gasteiger partial charge on any atom is 0.311 e. The Morgan fingerprint density at radius 3 is 3.00 bits per heavy atom. The van der Waals surface area contributed by atoms with E-state index < -0.39 is 4.92 Å². The number of nitrogens with zero attached hydrogens (tertiary/aromatic N) is 3. The predicted molar refractivity (Wildman–Crippen MR) is 83.6 cm³/mol. The minimum absolute atomic E-state index is 0.0194. The number of aromatic nitrogens is 1. The molecule has 114 valence electrons. The summed E-state index contributed by atoms with van der Waals surface area (Å²) in [6, 6.07) is 10.2. The third-order valence-corrected chi connectivity index (χ3v) is 3.74. The highest BCUT2D eigenvalue weighted by molar-refractivity contribution is 6.30. The normalized spacial score (nSPS) is 17.5. The van der Waals surface area contributed by atoms with E-state index >= 15 is 0 Å². The van der Waals surface area contributed by atoms with Crippen LogP contribution < -0.4 is 9.64 Å². The van der Waals surface area contributed by atoms with Gasteiger partial charge in [-0.2, -0.15) is 0 Å². The van der Waals surface area contributed by atoms with Crippen LogP contribution in [0.15, 0.2) is 42.6 Å². The molecule has 1 unspecified atom stereocenters. The van der Waals surface area contributed by atoms with E-state index in [1.807, 2.05) is 17.0 Å². The summed E-state index contributed by atoms with van der Waals surface area (Å²) in [5.41, 5.74) is 0.0194. The van der Waals surface area contributed by atoms with Crippen LogP contribution in [0.1, 0.15) is 6.42 Å². The van der Waals surface area contributed by atoms with Crippen molar-refractivity contribution < 1.29 is 9.66 Å². The molecule has 1 aliphatic heterocycles. The second kappa shape index (κ2) is 6.19. The van der Waals surface area contributed by atoms with E-state index in [2.05, 4.69) is 4.98 Å². The molecule has 0 saturated carbocycles. The maximum atomic E-state index is 11.1. The van der Waals surface area contributed by atoms with Gasteiger partial charge in [0.05, 0.1) is 11.5 Å². The minimum Gasteiger partial charge on any atom is -0.488 e. The first-order chi connectivity index (χ1) is 10.6. The zero-order chi connectivity index (χ0) is 15.5. The number of hydrogen-bond acceptors (Lipinski definition) is 5. The van der Waals surface area contributed by atoms with Gasteiger partial charge in [-0.1, -0.05) is 17.7 Å². The molecule has 22 heavy (non-hydrogen) atoms. The van der Waals surface area contributed by atoms with Crippen LogP contribution in [-0.4, -0.2) is 29.1 Å². The fourth-order valence-corrected chi connectivity index (χ4v) is 2.70. The van der Waals surface area contributed by atoms with Gasteiger partial charge in [-0.3, -0.25) is 10.1 Å². The number of nitro groups is 1. The zero-order valence-corrected chi connectivity index (χ0v) is 12.4. The van der Waals surface area contributed by atoms with E-state index in [0.717, 1.165) is 6.42 Å². The highest BCUT2D eigenvalue weighted by Gasteiger charge is 2.29. The lowest BCUT2D eigenvalue weighted by molar-refractivity contribution is -0.384. The molecule has 0 radical (unpaired) electrons. The Morgan fingerprint density at radius 1 is 1.36 bits per heavy atom. The molecule has 2 aromatic rings. The summed E-state index contributed by atoms with van der Waals surface area (Å²) in [4.78, 5) is 16.7. The van der Waals surface area contributed by atoms with Crippen LogP contribution in [0.25, 0.3) is 0 Å². The van der Waals surface area contributed by atoms with Gasteiger partial charge in [0.1, 0.15) is 11.9 Å². The van der Waals surface area contributed by atoms with Crippen LogP contribution in [0.2, 0.25) is 5.02 Å².